The lowest BCUT2D eigenvalue weighted by Gasteiger charge is -2.31. The van der Waals surface area contributed by atoms with Gasteiger partial charge in [0.1, 0.15) is 17.8 Å². The lowest BCUT2D eigenvalue weighted by atomic mass is 9.91. The molecule has 1 aliphatic rings. The standard InChI is InChI=1S/C20H21N5O2/c1-13-19(14(2)27-24-13)16-3-8-22-18(11-16)15-5-9-25(10-6-15)20(26)17-4-7-21-12-23-17/h3-4,7-8,11-12,15H,5-6,9-10H2,1-2H3. The molecule has 1 amide bonds. The molecule has 7 heteroatoms. The zero-order chi connectivity index (χ0) is 18.8. The topological polar surface area (TPSA) is 85.0 Å². The summed E-state index contributed by atoms with van der Waals surface area (Å²) < 4.78 is 5.29. The number of amides is 1. The lowest BCUT2D eigenvalue weighted by molar-refractivity contribution is 0.0706. The second-order valence-electron chi connectivity index (χ2n) is 6.83. The van der Waals surface area contributed by atoms with Crippen LogP contribution < -0.4 is 0 Å². The quantitative estimate of drug-likeness (QED) is 0.710. The van der Waals surface area contributed by atoms with Gasteiger partial charge in [0.05, 0.1) is 5.69 Å². The maximum atomic E-state index is 12.5. The van der Waals surface area contributed by atoms with E-state index in [1.54, 1.807) is 12.3 Å². The van der Waals surface area contributed by atoms with Crippen LogP contribution in [0.4, 0.5) is 0 Å². The van der Waals surface area contributed by atoms with Gasteiger partial charge in [0.25, 0.3) is 5.91 Å². The Morgan fingerprint density at radius 3 is 2.63 bits per heavy atom. The van der Waals surface area contributed by atoms with Crippen molar-refractivity contribution in [2.45, 2.75) is 32.6 Å². The molecule has 27 heavy (non-hydrogen) atoms. The average molecular weight is 363 g/mol. The molecule has 0 saturated carbocycles. The van der Waals surface area contributed by atoms with Crippen LogP contribution in [0.15, 0.2) is 41.4 Å². The number of piperidine rings is 1. The van der Waals surface area contributed by atoms with Crippen LogP contribution in [0, 0.1) is 13.8 Å². The number of likely N-dealkylation sites (tertiary alicyclic amines) is 1. The van der Waals surface area contributed by atoms with Crippen LogP contribution in [-0.2, 0) is 0 Å². The predicted octanol–water partition coefficient (Wildman–Crippen LogP) is 3.16. The van der Waals surface area contributed by atoms with Gasteiger partial charge in [0.15, 0.2) is 0 Å². The van der Waals surface area contributed by atoms with Crippen molar-refractivity contribution in [1.82, 2.24) is 25.0 Å². The molecule has 3 aromatic heterocycles. The molecular formula is C20H21N5O2. The van der Waals surface area contributed by atoms with E-state index in [1.165, 1.54) is 6.33 Å². The molecule has 1 fully saturated rings. The first-order valence-corrected chi connectivity index (χ1v) is 9.08. The fraction of sp³-hybridized carbons (Fsp3) is 0.350. The molecule has 0 atom stereocenters. The summed E-state index contributed by atoms with van der Waals surface area (Å²) in [6, 6.07) is 5.77. The third-order valence-corrected chi connectivity index (χ3v) is 5.10. The van der Waals surface area contributed by atoms with Gasteiger partial charge in [0, 0.05) is 42.7 Å². The fourth-order valence-electron chi connectivity index (χ4n) is 3.68. The number of hydrogen-bond donors (Lipinski definition) is 0. The van der Waals surface area contributed by atoms with Crippen molar-refractivity contribution < 1.29 is 9.32 Å². The number of rotatable bonds is 3. The average Bonchev–Trinajstić information content (AvgIpc) is 3.06. The molecule has 0 N–H and O–H groups in total. The SMILES string of the molecule is Cc1noc(C)c1-c1ccnc(C2CCN(C(=O)c3ccncn3)CC2)c1. The van der Waals surface area contributed by atoms with Gasteiger partial charge in [-0.25, -0.2) is 9.97 Å². The smallest absolute Gasteiger partial charge is 0.272 e. The highest BCUT2D eigenvalue weighted by Crippen LogP contribution is 2.32. The summed E-state index contributed by atoms with van der Waals surface area (Å²) in [6.07, 6.45) is 6.61. The van der Waals surface area contributed by atoms with E-state index in [0.717, 1.165) is 41.1 Å². The maximum absolute atomic E-state index is 12.5. The zero-order valence-electron chi connectivity index (χ0n) is 15.4. The molecule has 0 radical (unpaired) electrons. The summed E-state index contributed by atoms with van der Waals surface area (Å²) >= 11 is 0. The summed E-state index contributed by atoms with van der Waals surface area (Å²) in [7, 11) is 0. The minimum absolute atomic E-state index is 0.0340. The van der Waals surface area contributed by atoms with Crippen molar-refractivity contribution in [2.24, 2.45) is 0 Å². The van der Waals surface area contributed by atoms with E-state index in [0.29, 0.717) is 24.7 Å². The normalized spacial score (nSPS) is 15.1. The zero-order valence-corrected chi connectivity index (χ0v) is 15.4. The van der Waals surface area contributed by atoms with Gasteiger partial charge in [-0.05, 0) is 50.5 Å². The Bertz CT molecular complexity index is 927. The minimum atomic E-state index is -0.0340. The first-order chi connectivity index (χ1) is 13.1. The van der Waals surface area contributed by atoms with Gasteiger partial charge in [-0.3, -0.25) is 9.78 Å². The van der Waals surface area contributed by atoms with Crippen LogP contribution in [0.5, 0.6) is 0 Å². The van der Waals surface area contributed by atoms with E-state index >= 15 is 0 Å². The highest BCUT2D eigenvalue weighted by atomic mass is 16.5. The molecule has 7 nitrogen and oxygen atoms in total. The Hall–Kier alpha value is -3.09. The summed E-state index contributed by atoms with van der Waals surface area (Å²) in [5.41, 5.74) is 4.50. The molecule has 138 valence electrons. The molecule has 0 spiro atoms. The van der Waals surface area contributed by atoms with Crippen molar-refractivity contribution >= 4 is 5.91 Å². The second-order valence-corrected chi connectivity index (χ2v) is 6.83. The highest BCUT2D eigenvalue weighted by molar-refractivity contribution is 5.92. The highest BCUT2D eigenvalue weighted by Gasteiger charge is 2.26. The Morgan fingerprint density at radius 1 is 1.15 bits per heavy atom. The molecular weight excluding hydrogens is 342 g/mol. The van der Waals surface area contributed by atoms with Gasteiger partial charge < -0.3 is 9.42 Å². The van der Waals surface area contributed by atoms with E-state index in [2.05, 4.69) is 26.2 Å². The maximum Gasteiger partial charge on any atom is 0.272 e. The molecule has 0 aromatic carbocycles. The van der Waals surface area contributed by atoms with Crippen molar-refractivity contribution in [2.75, 3.05) is 13.1 Å². The molecule has 0 unspecified atom stereocenters. The Balaban J connectivity index is 1.47. The summed E-state index contributed by atoms with van der Waals surface area (Å²) in [5.74, 6) is 1.11. The van der Waals surface area contributed by atoms with Gasteiger partial charge in [0.2, 0.25) is 0 Å². The largest absolute Gasteiger partial charge is 0.361 e. The van der Waals surface area contributed by atoms with Crippen LogP contribution in [-0.4, -0.2) is 44.0 Å². The first kappa shape index (κ1) is 17.3. The van der Waals surface area contributed by atoms with Crippen LogP contribution in [0.2, 0.25) is 0 Å². The third-order valence-electron chi connectivity index (χ3n) is 5.10. The van der Waals surface area contributed by atoms with Gasteiger partial charge in [-0.2, -0.15) is 0 Å². The second kappa shape index (κ2) is 7.26. The molecule has 1 saturated heterocycles. The Labute approximate surface area is 157 Å². The number of pyridine rings is 1. The Morgan fingerprint density at radius 2 is 1.96 bits per heavy atom. The van der Waals surface area contributed by atoms with Gasteiger partial charge in [-0.1, -0.05) is 5.16 Å². The predicted molar refractivity (Wildman–Crippen MR) is 99.1 cm³/mol. The third kappa shape index (κ3) is 3.45. The number of hydrogen-bond acceptors (Lipinski definition) is 6. The van der Waals surface area contributed by atoms with Gasteiger partial charge >= 0.3 is 0 Å². The minimum Gasteiger partial charge on any atom is -0.361 e. The number of carbonyl (C=O) groups excluding carboxylic acids is 1. The van der Waals surface area contributed by atoms with Crippen LogP contribution >= 0.6 is 0 Å². The molecule has 4 rings (SSSR count). The molecule has 4 heterocycles. The van der Waals surface area contributed by atoms with E-state index in [1.807, 2.05) is 31.0 Å². The summed E-state index contributed by atoms with van der Waals surface area (Å²) in [6.45, 7) is 5.27. The van der Waals surface area contributed by atoms with Crippen molar-refractivity contribution in [3.05, 3.63) is 59.8 Å². The van der Waals surface area contributed by atoms with E-state index in [9.17, 15) is 4.79 Å². The van der Waals surface area contributed by atoms with E-state index in [4.69, 9.17) is 4.52 Å². The fourth-order valence-corrected chi connectivity index (χ4v) is 3.68. The van der Waals surface area contributed by atoms with E-state index in [-0.39, 0.29) is 5.91 Å². The molecule has 0 aliphatic carbocycles. The number of aryl methyl sites for hydroxylation is 2. The lowest BCUT2D eigenvalue weighted by Crippen LogP contribution is -2.38. The first-order valence-electron chi connectivity index (χ1n) is 9.08. The summed E-state index contributed by atoms with van der Waals surface area (Å²) in [4.78, 5) is 26.9. The van der Waals surface area contributed by atoms with Crippen LogP contribution in [0.25, 0.3) is 11.1 Å². The number of nitrogens with zero attached hydrogens (tertiary/aromatic N) is 5. The monoisotopic (exact) mass is 363 g/mol. The van der Waals surface area contributed by atoms with Crippen LogP contribution in [0.1, 0.15) is 46.4 Å². The van der Waals surface area contributed by atoms with Crippen molar-refractivity contribution in [1.29, 1.82) is 0 Å². The number of aromatic nitrogens is 4. The van der Waals surface area contributed by atoms with Gasteiger partial charge in [-0.15, -0.1) is 0 Å². The van der Waals surface area contributed by atoms with Crippen molar-refractivity contribution in [3.8, 4) is 11.1 Å². The Kier molecular flexibility index (Phi) is 4.66. The van der Waals surface area contributed by atoms with Crippen LogP contribution in [0.3, 0.4) is 0 Å². The molecule has 1 aliphatic heterocycles. The van der Waals surface area contributed by atoms with E-state index < -0.39 is 0 Å². The number of carbonyl (C=O) groups is 1. The molecule has 0 bridgehead atoms. The van der Waals surface area contributed by atoms with Crippen molar-refractivity contribution in [3.63, 3.8) is 0 Å². The molecule has 3 aromatic rings. The summed E-state index contributed by atoms with van der Waals surface area (Å²) in [5, 5.41) is 4.04.